The molecule has 0 saturated carbocycles. The van der Waals surface area contributed by atoms with Crippen molar-refractivity contribution in [3.8, 4) is 0 Å². The third-order valence-corrected chi connectivity index (χ3v) is 0.133. The van der Waals surface area contributed by atoms with E-state index in [4.69, 9.17) is 20.2 Å². The van der Waals surface area contributed by atoms with Gasteiger partial charge in [0.1, 0.15) is 0 Å². The molecule has 0 heterocycles. The van der Waals surface area contributed by atoms with Gasteiger partial charge < -0.3 is 1.43 Å². The summed E-state index contributed by atoms with van der Waals surface area (Å²) in [7, 11) is 0. The fraction of sp³-hybridized carbons (Fsp3) is 0. The fourth-order valence-electron chi connectivity index (χ4n) is 0.0544. The van der Waals surface area contributed by atoms with Crippen LogP contribution in [0.25, 0.3) is 0 Å². The SMILES string of the molecule is O=[N+]([O-])O[N+](=O)[O-].P.[H-].[K+]. The summed E-state index contributed by atoms with van der Waals surface area (Å²) in [5, 5.41) is 14.9. The van der Waals surface area contributed by atoms with Crippen molar-refractivity contribution >= 4 is 9.90 Å². The molecule has 0 aliphatic heterocycles. The van der Waals surface area contributed by atoms with Gasteiger partial charge in [-0.2, -0.15) is 9.90 Å². The van der Waals surface area contributed by atoms with Crippen LogP contribution in [0.2, 0.25) is 0 Å². The number of rotatable bonds is 2. The van der Waals surface area contributed by atoms with E-state index in [0.717, 1.165) is 0 Å². The second kappa shape index (κ2) is 8.67. The van der Waals surface area contributed by atoms with Gasteiger partial charge in [-0.1, -0.05) is 0 Å². The van der Waals surface area contributed by atoms with Gasteiger partial charge in [0.15, 0.2) is 0 Å². The van der Waals surface area contributed by atoms with Crippen molar-refractivity contribution in [3.05, 3.63) is 20.2 Å². The zero-order valence-electron chi connectivity index (χ0n) is 5.64. The van der Waals surface area contributed by atoms with E-state index in [2.05, 4.69) is 4.94 Å². The van der Waals surface area contributed by atoms with Gasteiger partial charge in [0, 0.05) is 4.94 Å². The molecule has 0 radical (unpaired) electrons. The molecule has 0 amide bonds. The second-order valence-electron chi connectivity index (χ2n) is 0.529. The Morgan fingerprint density at radius 1 is 1.22 bits per heavy atom. The van der Waals surface area contributed by atoms with Crippen LogP contribution in [0.3, 0.4) is 0 Å². The van der Waals surface area contributed by atoms with E-state index in [1.54, 1.807) is 0 Å². The molecule has 9 heteroatoms. The topological polar surface area (TPSA) is 95.5 Å². The van der Waals surface area contributed by atoms with Gasteiger partial charge in [0.05, 0.1) is 0 Å². The van der Waals surface area contributed by atoms with Crippen LogP contribution in [0.5, 0.6) is 0 Å². The smallest absolute Gasteiger partial charge is 1.00 e. The van der Waals surface area contributed by atoms with Gasteiger partial charge in [-0.15, -0.1) is 20.2 Å². The summed E-state index contributed by atoms with van der Waals surface area (Å²) in [6.07, 6.45) is 0. The first-order chi connectivity index (χ1) is 3.13. The van der Waals surface area contributed by atoms with Crippen LogP contribution in [-0.4, -0.2) is 10.2 Å². The van der Waals surface area contributed by atoms with Gasteiger partial charge >= 0.3 is 61.6 Å². The summed E-state index contributed by atoms with van der Waals surface area (Å²) in [6.45, 7) is 0. The molecule has 0 N–H and O–H groups in total. The first kappa shape index (κ1) is 16.3. The van der Waals surface area contributed by atoms with Crippen LogP contribution in [0, 0.1) is 20.2 Å². The first-order valence-corrected chi connectivity index (χ1v) is 1.10. The van der Waals surface area contributed by atoms with Gasteiger partial charge in [0.25, 0.3) is 0 Å². The Balaban J connectivity index is -0.0000000600. The largest absolute Gasteiger partial charge is 1.00 e. The summed E-state index contributed by atoms with van der Waals surface area (Å²) in [4.78, 5) is 20.6. The van der Waals surface area contributed by atoms with Gasteiger partial charge in [-0.05, 0) is 0 Å². The summed E-state index contributed by atoms with van der Waals surface area (Å²) in [6, 6.07) is 0. The minimum absolute atomic E-state index is 0. The molecule has 0 aromatic carbocycles. The van der Waals surface area contributed by atoms with E-state index in [1.165, 1.54) is 0 Å². The Hall–Kier alpha value is 0.666. The van der Waals surface area contributed by atoms with Gasteiger partial charge in [-0.3, -0.25) is 0 Å². The predicted octanol–water partition coefficient (Wildman–Crippen LogP) is -3.44. The molecule has 1 unspecified atom stereocenters. The molecule has 9 heavy (non-hydrogen) atoms. The maximum atomic E-state index is 8.95. The van der Waals surface area contributed by atoms with E-state index >= 15 is 0 Å². The van der Waals surface area contributed by atoms with Crippen molar-refractivity contribution in [1.29, 1.82) is 0 Å². The van der Waals surface area contributed by atoms with Crippen LogP contribution in [0.1, 0.15) is 1.43 Å². The molecular weight excluding hydrogens is 178 g/mol. The average Bonchev–Trinajstić information content (AvgIpc) is 1.27. The Morgan fingerprint density at radius 2 is 1.44 bits per heavy atom. The standard InChI is InChI=1S/K.N2O5.H3P.H/c;3-1(4)7-2(5)6;;/h;;1H3;/q+1;;;-1. The van der Waals surface area contributed by atoms with Crippen molar-refractivity contribution in [2.45, 2.75) is 0 Å². The van der Waals surface area contributed by atoms with Crippen LogP contribution in [0.15, 0.2) is 0 Å². The maximum absolute atomic E-state index is 8.95. The fourth-order valence-corrected chi connectivity index (χ4v) is 0.0544. The number of nitrogens with zero attached hydrogens (tertiary/aromatic N) is 2. The van der Waals surface area contributed by atoms with Crippen molar-refractivity contribution in [2.75, 3.05) is 0 Å². The number of hydrogen-bond donors (Lipinski definition) is 0. The third-order valence-electron chi connectivity index (χ3n) is 0.133. The normalized spacial score (nSPS) is 5.78. The molecule has 0 aromatic rings. The molecule has 0 saturated heterocycles. The molecule has 7 nitrogen and oxygen atoms in total. The van der Waals surface area contributed by atoms with E-state index in [0.29, 0.717) is 0 Å². The molecule has 0 aliphatic carbocycles. The van der Waals surface area contributed by atoms with Crippen molar-refractivity contribution in [2.24, 2.45) is 0 Å². The molecule has 0 bridgehead atoms. The summed E-state index contributed by atoms with van der Waals surface area (Å²) in [5.41, 5.74) is 0. The zero-order chi connectivity index (χ0) is 5.86. The zero-order valence-corrected chi connectivity index (χ0v) is 9.18. The average molecular weight is 182 g/mol. The molecule has 0 fully saturated rings. The van der Waals surface area contributed by atoms with Crippen LogP contribution >= 0.6 is 9.90 Å². The molecule has 0 rings (SSSR count). The van der Waals surface area contributed by atoms with E-state index in [-0.39, 0.29) is 62.7 Å². The third kappa shape index (κ3) is 17.7. The maximum Gasteiger partial charge on any atom is 1.00 e. The molecule has 0 aromatic heterocycles. The first-order valence-electron chi connectivity index (χ1n) is 1.10. The van der Waals surface area contributed by atoms with Crippen LogP contribution in [0.4, 0.5) is 0 Å². The van der Waals surface area contributed by atoms with E-state index < -0.39 is 10.2 Å². The molecule has 1 atom stereocenters. The summed E-state index contributed by atoms with van der Waals surface area (Å²) < 4.78 is 0. The summed E-state index contributed by atoms with van der Waals surface area (Å²) >= 11 is 0. The van der Waals surface area contributed by atoms with E-state index in [9.17, 15) is 0 Å². The molecule has 0 aliphatic rings. The molecule has 50 valence electrons. The Labute approximate surface area is 96.9 Å². The Kier molecular flexibility index (Phi) is 15.7. The van der Waals surface area contributed by atoms with Crippen molar-refractivity contribution in [3.63, 3.8) is 0 Å². The van der Waals surface area contributed by atoms with Crippen molar-refractivity contribution < 1.29 is 67.9 Å². The molecular formula is H4KN2O5P. The Bertz CT molecular complexity index is 95.8. The number of hydrogen-bond acceptors (Lipinski definition) is 5. The molecule has 0 spiro atoms. The minimum Gasteiger partial charge on any atom is -1.00 e. The minimum atomic E-state index is -1.50. The van der Waals surface area contributed by atoms with Crippen LogP contribution < -0.4 is 51.4 Å². The Morgan fingerprint density at radius 3 is 1.44 bits per heavy atom. The van der Waals surface area contributed by atoms with Gasteiger partial charge in [-0.25, -0.2) is 0 Å². The van der Waals surface area contributed by atoms with E-state index in [1.807, 2.05) is 0 Å². The van der Waals surface area contributed by atoms with Crippen molar-refractivity contribution in [1.82, 2.24) is 0 Å². The van der Waals surface area contributed by atoms with Gasteiger partial charge in [0.2, 0.25) is 0 Å². The summed E-state index contributed by atoms with van der Waals surface area (Å²) in [5.74, 6) is 0. The predicted molar refractivity (Wildman–Crippen MR) is 27.3 cm³/mol. The second-order valence-corrected chi connectivity index (χ2v) is 0.529. The monoisotopic (exact) mass is 182 g/mol. The quantitative estimate of drug-likeness (QED) is 0.191. The van der Waals surface area contributed by atoms with Crippen LogP contribution in [-0.2, 0) is 4.94 Å².